The SMILES string of the molecule is CC(CS(C)(=O)=O)NCCc1ccc2c(c1)CCO2. The molecule has 1 unspecified atom stereocenters. The van der Waals surface area contributed by atoms with Gasteiger partial charge < -0.3 is 10.1 Å². The molecule has 1 heterocycles. The minimum atomic E-state index is -2.91. The second kappa shape index (κ2) is 5.92. The lowest BCUT2D eigenvalue weighted by molar-refractivity contribution is 0.357. The zero-order valence-electron chi connectivity index (χ0n) is 11.5. The fourth-order valence-electron chi connectivity index (χ4n) is 2.37. The predicted molar refractivity (Wildman–Crippen MR) is 76.5 cm³/mol. The number of ether oxygens (including phenoxy) is 1. The summed E-state index contributed by atoms with van der Waals surface area (Å²) < 4.78 is 27.8. The Labute approximate surface area is 115 Å². The first-order valence-corrected chi connectivity index (χ1v) is 8.66. The Hall–Kier alpha value is -1.07. The molecule has 0 bridgehead atoms. The van der Waals surface area contributed by atoms with Crippen molar-refractivity contribution in [1.82, 2.24) is 5.32 Å². The lowest BCUT2D eigenvalue weighted by atomic mass is 10.1. The molecule has 19 heavy (non-hydrogen) atoms. The standard InChI is InChI=1S/C14H21NO3S/c1-11(10-19(2,16)17)15-7-5-12-3-4-14-13(9-12)6-8-18-14/h3-4,9,11,15H,5-8,10H2,1-2H3. The van der Waals surface area contributed by atoms with Crippen molar-refractivity contribution in [2.45, 2.75) is 25.8 Å². The Morgan fingerprint density at radius 2 is 2.21 bits per heavy atom. The summed E-state index contributed by atoms with van der Waals surface area (Å²) in [4.78, 5) is 0. The van der Waals surface area contributed by atoms with E-state index in [4.69, 9.17) is 4.74 Å². The van der Waals surface area contributed by atoms with Gasteiger partial charge in [-0.1, -0.05) is 12.1 Å². The van der Waals surface area contributed by atoms with E-state index in [-0.39, 0.29) is 11.8 Å². The molecule has 0 radical (unpaired) electrons. The lowest BCUT2D eigenvalue weighted by Gasteiger charge is -2.12. The molecule has 0 aromatic heterocycles. The molecule has 1 atom stereocenters. The number of nitrogens with one attached hydrogen (secondary N) is 1. The number of hydrogen-bond acceptors (Lipinski definition) is 4. The summed E-state index contributed by atoms with van der Waals surface area (Å²) in [6.07, 6.45) is 3.16. The molecular weight excluding hydrogens is 262 g/mol. The highest BCUT2D eigenvalue weighted by Gasteiger charge is 2.12. The molecule has 2 rings (SSSR count). The van der Waals surface area contributed by atoms with E-state index in [9.17, 15) is 8.42 Å². The average Bonchev–Trinajstić information content (AvgIpc) is 2.73. The zero-order valence-corrected chi connectivity index (χ0v) is 12.3. The molecular formula is C14H21NO3S. The Morgan fingerprint density at radius 3 is 2.95 bits per heavy atom. The summed E-state index contributed by atoms with van der Waals surface area (Å²) >= 11 is 0. The maximum Gasteiger partial charge on any atom is 0.148 e. The van der Waals surface area contributed by atoms with Gasteiger partial charge in [0.1, 0.15) is 15.6 Å². The Balaban J connectivity index is 1.80. The van der Waals surface area contributed by atoms with E-state index in [0.717, 1.165) is 31.7 Å². The number of fused-ring (bicyclic) bond motifs is 1. The maximum absolute atomic E-state index is 11.1. The van der Waals surface area contributed by atoms with Crippen LogP contribution in [0.3, 0.4) is 0 Å². The average molecular weight is 283 g/mol. The van der Waals surface area contributed by atoms with Gasteiger partial charge in [0.2, 0.25) is 0 Å². The largest absolute Gasteiger partial charge is 0.493 e. The van der Waals surface area contributed by atoms with Gasteiger partial charge >= 0.3 is 0 Å². The number of sulfone groups is 1. The lowest BCUT2D eigenvalue weighted by Crippen LogP contribution is -2.34. The monoisotopic (exact) mass is 283 g/mol. The molecule has 5 heteroatoms. The highest BCUT2D eigenvalue weighted by Crippen LogP contribution is 2.25. The summed E-state index contributed by atoms with van der Waals surface area (Å²) in [5.74, 6) is 1.19. The maximum atomic E-state index is 11.1. The molecule has 0 saturated carbocycles. The molecule has 1 N–H and O–H groups in total. The van der Waals surface area contributed by atoms with E-state index in [2.05, 4.69) is 17.4 Å². The van der Waals surface area contributed by atoms with Crippen LogP contribution in [0.1, 0.15) is 18.1 Å². The van der Waals surface area contributed by atoms with E-state index in [1.165, 1.54) is 17.4 Å². The van der Waals surface area contributed by atoms with Crippen LogP contribution in [-0.4, -0.2) is 39.6 Å². The summed E-state index contributed by atoms with van der Waals surface area (Å²) in [5, 5.41) is 3.24. The minimum Gasteiger partial charge on any atom is -0.493 e. The van der Waals surface area contributed by atoms with Crippen molar-refractivity contribution >= 4 is 9.84 Å². The molecule has 1 aliphatic rings. The van der Waals surface area contributed by atoms with Gasteiger partial charge in [0.15, 0.2) is 0 Å². The Bertz CT molecular complexity index is 540. The summed E-state index contributed by atoms with van der Waals surface area (Å²) in [6, 6.07) is 6.28. The van der Waals surface area contributed by atoms with Crippen LogP contribution in [0.2, 0.25) is 0 Å². The fraction of sp³-hybridized carbons (Fsp3) is 0.571. The van der Waals surface area contributed by atoms with Crippen molar-refractivity contribution in [3.8, 4) is 5.75 Å². The van der Waals surface area contributed by atoms with Gasteiger partial charge in [0, 0.05) is 18.7 Å². The molecule has 0 spiro atoms. The van der Waals surface area contributed by atoms with E-state index in [0.29, 0.717) is 0 Å². The second-order valence-corrected chi connectivity index (χ2v) is 7.42. The molecule has 0 amide bonds. The highest BCUT2D eigenvalue weighted by molar-refractivity contribution is 7.90. The first-order valence-electron chi connectivity index (χ1n) is 6.60. The van der Waals surface area contributed by atoms with Crippen LogP contribution in [-0.2, 0) is 22.7 Å². The van der Waals surface area contributed by atoms with Crippen molar-refractivity contribution in [2.24, 2.45) is 0 Å². The molecule has 106 valence electrons. The van der Waals surface area contributed by atoms with Gasteiger partial charge in [-0.3, -0.25) is 0 Å². The van der Waals surface area contributed by atoms with Gasteiger partial charge in [0.25, 0.3) is 0 Å². The molecule has 1 aromatic carbocycles. The van der Waals surface area contributed by atoms with Crippen LogP contribution in [0.25, 0.3) is 0 Å². The van der Waals surface area contributed by atoms with Crippen molar-refractivity contribution < 1.29 is 13.2 Å². The van der Waals surface area contributed by atoms with Gasteiger partial charge in [0.05, 0.1) is 12.4 Å². The van der Waals surface area contributed by atoms with Crippen molar-refractivity contribution in [2.75, 3.05) is 25.2 Å². The summed E-state index contributed by atoms with van der Waals surface area (Å²) in [6.45, 7) is 3.47. The van der Waals surface area contributed by atoms with Gasteiger partial charge in [-0.2, -0.15) is 0 Å². The zero-order chi connectivity index (χ0) is 13.9. The van der Waals surface area contributed by atoms with E-state index < -0.39 is 9.84 Å². The molecule has 0 fully saturated rings. The van der Waals surface area contributed by atoms with E-state index in [1.54, 1.807) is 0 Å². The van der Waals surface area contributed by atoms with Crippen molar-refractivity contribution in [1.29, 1.82) is 0 Å². The normalized spacial score (nSPS) is 15.9. The molecule has 0 saturated heterocycles. The van der Waals surface area contributed by atoms with Crippen LogP contribution >= 0.6 is 0 Å². The van der Waals surface area contributed by atoms with Gasteiger partial charge in [-0.15, -0.1) is 0 Å². The van der Waals surface area contributed by atoms with Gasteiger partial charge in [-0.25, -0.2) is 8.42 Å². The second-order valence-electron chi connectivity index (χ2n) is 5.24. The fourth-order valence-corrected chi connectivity index (χ4v) is 3.40. The minimum absolute atomic E-state index is 0.00670. The third-order valence-electron chi connectivity index (χ3n) is 3.21. The third-order valence-corrected chi connectivity index (χ3v) is 4.32. The summed E-state index contributed by atoms with van der Waals surface area (Å²) in [7, 11) is -2.91. The Morgan fingerprint density at radius 1 is 1.42 bits per heavy atom. The number of rotatable bonds is 6. The van der Waals surface area contributed by atoms with Crippen LogP contribution in [0.4, 0.5) is 0 Å². The molecule has 1 aliphatic heterocycles. The number of hydrogen-bond donors (Lipinski definition) is 1. The van der Waals surface area contributed by atoms with E-state index in [1.807, 2.05) is 13.0 Å². The highest BCUT2D eigenvalue weighted by atomic mass is 32.2. The first kappa shape index (κ1) is 14.3. The van der Waals surface area contributed by atoms with Crippen LogP contribution < -0.4 is 10.1 Å². The van der Waals surface area contributed by atoms with Crippen LogP contribution in [0, 0.1) is 0 Å². The smallest absolute Gasteiger partial charge is 0.148 e. The summed E-state index contributed by atoms with van der Waals surface area (Å²) in [5.41, 5.74) is 2.55. The molecule has 0 aliphatic carbocycles. The van der Waals surface area contributed by atoms with Crippen molar-refractivity contribution in [3.63, 3.8) is 0 Å². The third kappa shape index (κ3) is 4.51. The quantitative estimate of drug-likeness (QED) is 0.852. The molecule has 1 aromatic rings. The first-order chi connectivity index (χ1) is 8.94. The molecule has 4 nitrogen and oxygen atoms in total. The van der Waals surface area contributed by atoms with E-state index >= 15 is 0 Å². The Kier molecular flexibility index (Phi) is 4.47. The topological polar surface area (TPSA) is 55.4 Å². The predicted octanol–water partition coefficient (Wildman–Crippen LogP) is 1.19. The van der Waals surface area contributed by atoms with Gasteiger partial charge in [-0.05, 0) is 37.1 Å². The van der Waals surface area contributed by atoms with Crippen LogP contribution in [0.5, 0.6) is 5.75 Å². The van der Waals surface area contributed by atoms with Crippen molar-refractivity contribution in [3.05, 3.63) is 29.3 Å². The van der Waals surface area contributed by atoms with Crippen LogP contribution in [0.15, 0.2) is 18.2 Å². The number of benzene rings is 1.